The standard InChI is InChI=1S/C44H33N3O/c1-25(2)32-18-28(27-12-6-5-7-13-27)19-33(26(3)4)43(32)34-22-41-36(20-29(34)24-45)37-21-40-35(23-42(37)48-41)30-14-8-9-15-31(30)44-46-38-16-10-11-17-39(38)47(40)44/h5-23,25-26H,1-4H3. The van der Waals surface area contributed by atoms with Crippen molar-refractivity contribution in [3.8, 4) is 28.3 Å². The van der Waals surface area contributed by atoms with Crippen molar-refractivity contribution in [2.24, 2.45) is 0 Å². The first-order valence-electron chi connectivity index (χ1n) is 16.7. The Morgan fingerprint density at radius 3 is 1.98 bits per heavy atom. The van der Waals surface area contributed by atoms with E-state index in [1.807, 2.05) is 12.1 Å². The number of imidazole rings is 1. The second-order valence-corrected chi connectivity index (χ2v) is 13.5. The van der Waals surface area contributed by atoms with Crippen LogP contribution in [0.3, 0.4) is 0 Å². The molecule has 0 aliphatic rings. The molecule has 0 spiro atoms. The van der Waals surface area contributed by atoms with Crippen molar-refractivity contribution in [2.45, 2.75) is 39.5 Å². The zero-order valence-electron chi connectivity index (χ0n) is 27.4. The van der Waals surface area contributed by atoms with Crippen molar-refractivity contribution in [1.29, 1.82) is 5.26 Å². The number of nitrogens with zero attached hydrogens (tertiary/aromatic N) is 3. The summed E-state index contributed by atoms with van der Waals surface area (Å²) >= 11 is 0. The Bertz CT molecular complexity index is 2760. The minimum atomic E-state index is 0.255. The molecule has 0 N–H and O–H groups in total. The average molecular weight is 620 g/mol. The van der Waals surface area contributed by atoms with Crippen molar-refractivity contribution >= 4 is 60.3 Å². The van der Waals surface area contributed by atoms with Gasteiger partial charge in [0.2, 0.25) is 0 Å². The molecule has 4 heteroatoms. The Morgan fingerprint density at radius 1 is 0.604 bits per heavy atom. The third-order valence-corrected chi connectivity index (χ3v) is 9.93. The minimum Gasteiger partial charge on any atom is -0.456 e. The SMILES string of the molecule is CC(C)c1cc(-c2ccccc2)cc(C(C)C)c1-c1cc2oc3cc4c5ccccc5c5nc6ccccc6n5c4cc3c2cc1C#N. The highest BCUT2D eigenvalue weighted by molar-refractivity contribution is 6.19. The summed E-state index contributed by atoms with van der Waals surface area (Å²) < 4.78 is 8.98. The predicted octanol–water partition coefficient (Wildman–Crippen LogP) is 12.1. The maximum Gasteiger partial charge on any atom is 0.146 e. The summed E-state index contributed by atoms with van der Waals surface area (Å²) in [6.07, 6.45) is 0. The van der Waals surface area contributed by atoms with Gasteiger partial charge in [-0.3, -0.25) is 4.40 Å². The van der Waals surface area contributed by atoms with E-state index in [9.17, 15) is 5.26 Å². The van der Waals surface area contributed by atoms with E-state index in [0.29, 0.717) is 5.56 Å². The van der Waals surface area contributed by atoms with Crippen molar-refractivity contribution in [3.05, 3.63) is 132 Å². The topological polar surface area (TPSA) is 54.2 Å². The van der Waals surface area contributed by atoms with Crippen LogP contribution in [0.4, 0.5) is 0 Å². The van der Waals surface area contributed by atoms with E-state index in [-0.39, 0.29) is 11.8 Å². The third-order valence-electron chi connectivity index (χ3n) is 9.93. The summed E-state index contributed by atoms with van der Waals surface area (Å²) in [6.45, 7) is 8.94. The van der Waals surface area contributed by atoms with Crippen LogP contribution in [0.25, 0.3) is 82.5 Å². The Balaban J connectivity index is 1.36. The van der Waals surface area contributed by atoms with E-state index in [0.717, 1.165) is 71.4 Å². The molecular formula is C44H33N3O. The molecule has 0 aliphatic carbocycles. The number of rotatable bonds is 4. The minimum absolute atomic E-state index is 0.255. The average Bonchev–Trinajstić information content (AvgIpc) is 3.68. The van der Waals surface area contributed by atoms with Crippen molar-refractivity contribution < 1.29 is 4.42 Å². The fourth-order valence-electron chi connectivity index (χ4n) is 7.63. The number of benzene rings is 6. The molecule has 230 valence electrons. The van der Waals surface area contributed by atoms with Crippen LogP contribution in [-0.4, -0.2) is 9.38 Å². The zero-order valence-corrected chi connectivity index (χ0v) is 27.4. The monoisotopic (exact) mass is 619 g/mol. The van der Waals surface area contributed by atoms with Gasteiger partial charge >= 0.3 is 0 Å². The lowest BCUT2D eigenvalue weighted by molar-refractivity contribution is 0.669. The Labute approximate surface area is 278 Å². The van der Waals surface area contributed by atoms with Gasteiger partial charge < -0.3 is 4.42 Å². The van der Waals surface area contributed by atoms with Gasteiger partial charge in [0, 0.05) is 27.1 Å². The van der Waals surface area contributed by atoms with Gasteiger partial charge in [0.1, 0.15) is 16.8 Å². The molecule has 0 aliphatic heterocycles. The van der Waals surface area contributed by atoms with Crippen LogP contribution in [0, 0.1) is 11.3 Å². The molecule has 9 aromatic rings. The number of para-hydroxylation sites is 2. The van der Waals surface area contributed by atoms with Gasteiger partial charge in [-0.2, -0.15) is 5.26 Å². The highest BCUT2D eigenvalue weighted by Gasteiger charge is 2.23. The molecule has 0 atom stereocenters. The van der Waals surface area contributed by atoms with Crippen LogP contribution in [0.1, 0.15) is 56.2 Å². The van der Waals surface area contributed by atoms with Crippen LogP contribution in [0.5, 0.6) is 0 Å². The van der Waals surface area contributed by atoms with E-state index in [4.69, 9.17) is 9.40 Å². The Morgan fingerprint density at radius 2 is 1.25 bits per heavy atom. The van der Waals surface area contributed by atoms with Gasteiger partial charge in [-0.1, -0.05) is 107 Å². The molecule has 0 unspecified atom stereocenters. The maximum absolute atomic E-state index is 10.7. The lowest BCUT2D eigenvalue weighted by Crippen LogP contribution is -2.02. The van der Waals surface area contributed by atoms with Crippen molar-refractivity contribution in [3.63, 3.8) is 0 Å². The Kier molecular flexibility index (Phi) is 6.22. The zero-order chi connectivity index (χ0) is 32.7. The van der Waals surface area contributed by atoms with E-state index >= 15 is 0 Å². The number of furan rings is 1. The van der Waals surface area contributed by atoms with E-state index in [2.05, 4.69) is 141 Å². The van der Waals surface area contributed by atoms with Crippen molar-refractivity contribution in [2.75, 3.05) is 0 Å². The number of hydrogen-bond acceptors (Lipinski definition) is 3. The number of fused-ring (bicyclic) bond motifs is 11. The normalized spacial score (nSPS) is 12.1. The van der Waals surface area contributed by atoms with Crippen LogP contribution in [0.15, 0.2) is 120 Å². The smallest absolute Gasteiger partial charge is 0.146 e. The molecule has 0 bridgehead atoms. The lowest BCUT2D eigenvalue weighted by atomic mass is 9.81. The first-order chi connectivity index (χ1) is 23.4. The van der Waals surface area contributed by atoms with E-state index < -0.39 is 0 Å². The molecule has 0 amide bonds. The second kappa shape index (κ2) is 10.6. The molecule has 3 aromatic heterocycles. The first-order valence-corrected chi connectivity index (χ1v) is 16.7. The maximum atomic E-state index is 10.7. The molecule has 9 rings (SSSR count). The third kappa shape index (κ3) is 4.11. The van der Waals surface area contributed by atoms with Gasteiger partial charge in [-0.05, 0) is 81.4 Å². The van der Waals surface area contributed by atoms with E-state index in [1.54, 1.807) is 0 Å². The Hall–Kier alpha value is -5.92. The summed E-state index contributed by atoms with van der Waals surface area (Å²) in [5, 5.41) is 15.9. The van der Waals surface area contributed by atoms with Gasteiger partial charge in [-0.15, -0.1) is 0 Å². The largest absolute Gasteiger partial charge is 0.456 e. The fourth-order valence-corrected chi connectivity index (χ4v) is 7.63. The predicted molar refractivity (Wildman–Crippen MR) is 199 cm³/mol. The molecular weight excluding hydrogens is 587 g/mol. The lowest BCUT2D eigenvalue weighted by Gasteiger charge is -2.23. The molecule has 6 aromatic carbocycles. The van der Waals surface area contributed by atoms with Crippen LogP contribution in [0.2, 0.25) is 0 Å². The van der Waals surface area contributed by atoms with Gasteiger partial charge in [0.05, 0.1) is 28.2 Å². The first kappa shape index (κ1) is 28.3. The molecule has 0 saturated carbocycles. The second-order valence-electron chi connectivity index (χ2n) is 13.5. The molecule has 3 heterocycles. The molecule has 0 fully saturated rings. The molecule has 0 radical (unpaired) electrons. The quantitative estimate of drug-likeness (QED) is 0.184. The van der Waals surface area contributed by atoms with Crippen molar-refractivity contribution in [1.82, 2.24) is 9.38 Å². The molecule has 0 saturated heterocycles. The highest BCUT2D eigenvalue weighted by Crippen LogP contribution is 2.44. The van der Waals surface area contributed by atoms with Crippen LogP contribution < -0.4 is 0 Å². The highest BCUT2D eigenvalue weighted by atomic mass is 16.3. The fraction of sp³-hybridized carbons (Fsp3) is 0.136. The molecule has 48 heavy (non-hydrogen) atoms. The number of hydrogen-bond donors (Lipinski definition) is 0. The van der Waals surface area contributed by atoms with Gasteiger partial charge in [0.25, 0.3) is 0 Å². The van der Waals surface area contributed by atoms with Gasteiger partial charge in [0.15, 0.2) is 0 Å². The summed E-state index contributed by atoms with van der Waals surface area (Å²) in [7, 11) is 0. The molecule has 4 nitrogen and oxygen atoms in total. The number of nitriles is 1. The van der Waals surface area contributed by atoms with Crippen LogP contribution in [-0.2, 0) is 0 Å². The summed E-state index contributed by atoms with van der Waals surface area (Å²) in [6, 6.07) is 43.0. The summed E-state index contributed by atoms with van der Waals surface area (Å²) in [5.74, 6) is 0.509. The van der Waals surface area contributed by atoms with Crippen LogP contribution >= 0.6 is 0 Å². The summed E-state index contributed by atoms with van der Waals surface area (Å²) in [4.78, 5) is 5.06. The number of pyridine rings is 1. The number of aromatic nitrogens is 2. The van der Waals surface area contributed by atoms with Gasteiger partial charge in [-0.25, -0.2) is 4.98 Å². The summed E-state index contributed by atoms with van der Waals surface area (Å²) in [5.41, 5.74) is 13.2. The van der Waals surface area contributed by atoms with E-state index in [1.165, 1.54) is 22.3 Å².